The zero-order chi connectivity index (χ0) is 11.5. The summed E-state index contributed by atoms with van der Waals surface area (Å²) >= 11 is 0. The molecule has 5 heteroatoms. The molecule has 0 aromatic rings. The molecule has 92 valence electrons. The minimum atomic E-state index is -0.738. The Morgan fingerprint density at radius 1 is 1.44 bits per heavy atom. The van der Waals surface area contributed by atoms with Crippen molar-refractivity contribution in [2.24, 2.45) is 0 Å². The molecule has 16 heavy (non-hydrogen) atoms. The van der Waals surface area contributed by atoms with Crippen LogP contribution in [0.15, 0.2) is 0 Å². The number of rotatable bonds is 6. The number of likely N-dealkylation sites (tertiary alicyclic amines) is 1. The van der Waals surface area contributed by atoms with Crippen LogP contribution in [0.2, 0.25) is 0 Å². The first-order valence-electron chi connectivity index (χ1n) is 6.01. The molecule has 1 heterocycles. The van der Waals surface area contributed by atoms with Crippen molar-refractivity contribution in [1.82, 2.24) is 10.2 Å². The molecule has 2 aliphatic rings. The summed E-state index contributed by atoms with van der Waals surface area (Å²) in [6.07, 6.45) is 5.94. The first kappa shape index (κ1) is 12.0. The highest BCUT2D eigenvalue weighted by Crippen LogP contribution is 2.22. The van der Waals surface area contributed by atoms with E-state index in [0.29, 0.717) is 11.8 Å². The molecule has 2 rings (SSSR count). The predicted molar refractivity (Wildman–Crippen MR) is 64.7 cm³/mol. The van der Waals surface area contributed by atoms with Gasteiger partial charge in [0.05, 0.1) is 6.04 Å². The van der Waals surface area contributed by atoms with Crippen LogP contribution in [0.3, 0.4) is 0 Å². The number of nitrogens with one attached hydrogen (secondary N) is 1. The molecular weight excluding hydrogens is 224 g/mol. The van der Waals surface area contributed by atoms with Crippen molar-refractivity contribution in [2.45, 2.75) is 37.8 Å². The van der Waals surface area contributed by atoms with Crippen molar-refractivity contribution in [1.29, 1.82) is 0 Å². The lowest BCUT2D eigenvalue weighted by molar-refractivity contribution is -0.129. The molecule has 0 spiro atoms. The van der Waals surface area contributed by atoms with E-state index in [-0.39, 0.29) is 11.9 Å². The van der Waals surface area contributed by atoms with Crippen molar-refractivity contribution < 1.29 is 9.00 Å². The average molecular weight is 244 g/mol. The van der Waals surface area contributed by atoms with Gasteiger partial charge in [-0.05, 0) is 25.7 Å². The second-order valence-corrected chi connectivity index (χ2v) is 6.29. The van der Waals surface area contributed by atoms with Gasteiger partial charge in [-0.3, -0.25) is 9.00 Å². The van der Waals surface area contributed by atoms with Crippen LogP contribution < -0.4 is 5.32 Å². The summed E-state index contributed by atoms with van der Waals surface area (Å²) in [4.78, 5) is 13.8. The summed E-state index contributed by atoms with van der Waals surface area (Å²) in [6.45, 7) is 1.63. The number of carbonyl (C=O) groups excluding carboxylic acids is 1. The number of nitrogens with zero attached hydrogens (tertiary/aromatic N) is 1. The smallest absolute Gasteiger partial charge is 0.239 e. The number of hydrogen-bond donors (Lipinski definition) is 1. The fraction of sp³-hybridized carbons (Fsp3) is 0.909. The molecule has 2 fully saturated rings. The fourth-order valence-corrected chi connectivity index (χ4v) is 2.64. The monoisotopic (exact) mass is 244 g/mol. The normalized spacial score (nSPS) is 27.4. The van der Waals surface area contributed by atoms with Gasteiger partial charge in [0.25, 0.3) is 0 Å². The number of carbonyl (C=O) groups is 1. The van der Waals surface area contributed by atoms with Gasteiger partial charge in [-0.25, -0.2) is 0 Å². The molecule has 0 bridgehead atoms. The van der Waals surface area contributed by atoms with Crippen molar-refractivity contribution >= 4 is 16.7 Å². The zero-order valence-electron chi connectivity index (χ0n) is 9.78. The SMILES string of the molecule is CS(=O)CCCN1CCC(NC2CC2)C1=O. The first-order chi connectivity index (χ1) is 7.66. The molecule has 2 atom stereocenters. The van der Waals surface area contributed by atoms with E-state index in [9.17, 15) is 9.00 Å². The van der Waals surface area contributed by atoms with E-state index in [2.05, 4.69) is 5.32 Å². The largest absolute Gasteiger partial charge is 0.341 e. The van der Waals surface area contributed by atoms with Crippen molar-refractivity contribution in [3.8, 4) is 0 Å². The maximum atomic E-state index is 11.9. The fourth-order valence-electron chi connectivity index (χ4n) is 2.11. The third-order valence-electron chi connectivity index (χ3n) is 3.17. The lowest BCUT2D eigenvalue weighted by atomic mass is 10.2. The Balaban J connectivity index is 1.70. The van der Waals surface area contributed by atoms with E-state index in [1.165, 1.54) is 12.8 Å². The Kier molecular flexibility index (Phi) is 3.97. The standard InChI is InChI=1S/C11H20N2O2S/c1-16(15)8-2-6-13-7-5-10(11(13)14)12-9-3-4-9/h9-10,12H,2-8H2,1H3. The highest BCUT2D eigenvalue weighted by atomic mass is 32.2. The lowest BCUT2D eigenvalue weighted by Gasteiger charge is -2.16. The molecule has 1 saturated carbocycles. The van der Waals surface area contributed by atoms with Gasteiger partial charge in [0, 0.05) is 41.9 Å². The summed E-state index contributed by atoms with van der Waals surface area (Å²) in [6, 6.07) is 0.650. The van der Waals surface area contributed by atoms with Crippen molar-refractivity contribution in [3.63, 3.8) is 0 Å². The van der Waals surface area contributed by atoms with E-state index in [1.807, 2.05) is 4.90 Å². The molecule has 1 N–H and O–H groups in total. The van der Waals surface area contributed by atoms with Crippen LogP contribution in [0, 0.1) is 0 Å². The van der Waals surface area contributed by atoms with Gasteiger partial charge in [-0.2, -0.15) is 0 Å². The van der Waals surface area contributed by atoms with Gasteiger partial charge in [-0.15, -0.1) is 0 Å². The van der Waals surface area contributed by atoms with Crippen LogP contribution in [0.25, 0.3) is 0 Å². The summed E-state index contributed by atoms with van der Waals surface area (Å²) in [7, 11) is -0.738. The third-order valence-corrected chi connectivity index (χ3v) is 4.04. The Hall–Kier alpha value is -0.420. The third kappa shape index (κ3) is 3.28. The Morgan fingerprint density at radius 2 is 2.19 bits per heavy atom. The molecule has 0 radical (unpaired) electrons. The van der Waals surface area contributed by atoms with Crippen LogP contribution in [-0.4, -0.2) is 52.2 Å². The maximum Gasteiger partial charge on any atom is 0.239 e. The second kappa shape index (κ2) is 5.27. The van der Waals surface area contributed by atoms with Gasteiger partial charge < -0.3 is 10.2 Å². The van der Waals surface area contributed by atoms with Crippen LogP contribution in [-0.2, 0) is 15.6 Å². The van der Waals surface area contributed by atoms with Crippen molar-refractivity contribution in [2.75, 3.05) is 25.1 Å². The first-order valence-corrected chi connectivity index (χ1v) is 7.74. The Labute approximate surface area is 99.2 Å². The van der Waals surface area contributed by atoms with E-state index in [4.69, 9.17) is 0 Å². The molecule has 1 aliphatic carbocycles. The Morgan fingerprint density at radius 3 is 2.81 bits per heavy atom. The predicted octanol–water partition coefficient (Wildman–Crippen LogP) is 0.108. The van der Waals surface area contributed by atoms with E-state index < -0.39 is 10.8 Å². The molecule has 1 aliphatic heterocycles. The van der Waals surface area contributed by atoms with Gasteiger partial charge in [-0.1, -0.05) is 0 Å². The van der Waals surface area contributed by atoms with Crippen LogP contribution in [0.1, 0.15) is 25.7 Å². The quantitative estimate of drug-likeness (QED) is 0.721. The van der Waals surface area contributed by atoms with Crippen molar-refractivity contribution in [3.05, 3.63) is 0 Å². The highest BCUT2D eigenvalue weighted by Gasteiger charge is 2.35. The minimum Gasteiger partial charge on any atom is -0.341 e. The van der Waals surface area contributed by atoms with Crippen LogP contribution in [0.5, 0.6) is 0 Å². The van der Waals surface area contributed by atoms with Crippen LogP contribution >= 0.6 is 0 Å². The maximum absolute atomic E-state index is 11.9. The molecule has 2 unspecified atom stereocenters. The molecule has 0 aromatic heterocycles. The molecule has 4 nitrogen and oxygen atoms in total. The molecule has 1 saturated heterocycles. The zero-order valence-corrected chi connectivity index (χ0v) is 10.6. The van der Waals surface area contributed by atoms with Gasteiger partial charge in [0.2, 0.25) is 5.91 Å². The van der Waals surface area contributed by atoms with Gasteiger partial charge in [0.1, 0.15) is 0 Å². The number of amides is 1. The molecule has 1 amide bonds. The molecule has 0 aromatic carbocycles. The molecular formula is C11H20N2O2S. The lowest BCUT2D eigenvalue weighted by Crippen LogP contribution is -2.39. The summed E-state index contributed by atoms with van der Waals surface area (Å²) < 4.78 is 10.9. The van der Waals surface area contributed by atoms with Gasteiger partial charge in [0.15, 0.2) is 0 Å². The van der Waals surface area contributed by atoms with E-state index >= 15 is 0 Å². The van der Waals surface area contributed by atoms with Crippen LogP contribution in [0.4, 0.5) is 0 Å². The second-order valence-electron chi connectivity index (χ2n) is 4.74. The Bertz CT molecular complexity index is 292. The van der Waals surface area contributed by atoms with E-state index in [1.54, 1.807) is 6.26 Å². The minimum absolute atomic E-state index is 0.0552. The summed E-state index contributed by atoms with van der Waals surface area (Å²) in [5, 5.41) is 3.38. The summed E-state index contributed by atoms with van der Waals surface area (Å²) in [5.41, 5.74) is 0. The topological polar surface area (TPSA) is 49.4 Å². The van der Waals surface area contributed by atoms with E-state index in [0.717, 1.165) is 25.9 Å². The number of hydrogen-bond acceptors (Lipinski definition) is 3. The summed E-state index contributed by atoms with van der Waals surface area (Å²) in [5.74, 6) is 0.943. The highest BCUT2D eigenvalue weighted by molar-refractivity contribution is 7.84. The van der Waals surface area contributed by atoms with Gasteiger partial charge >= 0.3 is 0 Å². The average Bonchev–Trinajstić information content (AvgIpc) is 2.97.